The van der Waals surface area contributed by atoms with E-state index in [4.69, 9.17) is 4.74 Å². The third-order valence-corrected chi connectivity index (χ3v) is 4.27. The Labute approximate surface area is 162 Å². The van der Waals surface area contributed by atoms with E-state index in [0.29, 0.717) is 18.8 Å². The summed E-state index contributed by atoms with van der Waals surface area (Å²) in [5, 5.41) is 7.26. The first-order valence-electron chi connectivity index (χ1n) is 9.56. The lowest BCUT2D eigenvalue weighted by Gasteiger charge is -2.09. The molecule has 0 aliphatic heterocycles. The summed E-state index contributed by atoms with van der Waals surface area (Å²) in [5.74, 6) is 6.71. The van der Waals surface area contributed by atoms with Crippen LogP contribution in [-0.4, -0.2) is 22.3 Å². The summed E-state index contributed by atoms with van der Waals surface area (Å²) < 4.78 is 7.44. The number of ether oxygens (including phenoxy) is 1. The van der Waals surface area contributed by atoms with Crippen LogP contribution in [0.5, 0.6) is 5.75 Å². The van der Waals surface area contributed by atoms with Crippen molar-refractivity contribution >= 4 is 5.91 Å². The molecule has 0 aliphatic carbocycles. The molecule has 0 saturated heterocycles. The van der Waals surface area contributed by atoms with Crippen molar-refractivity contribution in [3.8, 4) is 17.6 Å². The van der Waals surface area contributed by atoms with Gasteiger partial charge in [0, 0.05) is 20.0 Å². The number of unbranched alkanes of at least 4 members (excludes halogenated alkanes) is 3. The van der Waals surface area contributed by atoms with Crippen LogP contribution in [0.1, 0.15) is 61.3 Å². The van der Waals surface area contributed by atoms with Gasteiger partial charge in [0.25, 0.3) is 5.91 Å². The van der Waals surface area contributed by atoms with Gasteiger partial charge in [0.15, 0.2) is 0 Å². The van der Waals surface area contributed by atoms with E-state index in [9.17, 15) is 4.79 Å². The van der Waals surface area contributed by atoms with Gasteiger partial charge < -0.3 is 10.1 Å². The van der Waals surface area contributed by atoms with E-state index < -0.39 is 0 Å². The number of nitrogens with one attached hydrogen (secondary N) is 1. The molecule has 0 fully saturated rings. The van der Waals surface area contributed by atoms with Crippen molar-refractivity contribution in [3.63, 3.8) is 0 Å². The average molecular weight is 367 g/mol. The fourth-order valence-corrected chi connectivity index (χ4v) is 2.74. The van der Waals surface area contributed by atoms with Crippen molar-refractivity contribution < 1.29 is 9.53 Å². The summed E-state index contributed by atoms with van der Waals surface area (Å²) in [6.07, 6.45) is 5.03. The van der Waals surface area contributed by atoms with Crippen molar-refractivity contribution in [2.24, 2.45) is 7.05 Å². The number of hydrogen-bond donors (Lipinski definition) is 1. The fourth-order valence-electron chi connectivity index (χ4n) is 2.74. The summed E-state index contributed by atoms with van der Waals surface area (Å²) in [5.41, 5.74) is 2.50. The molecule has 2 rings (SSSR count). The predicted molar refractivity (Wildman–Crippen MR) is 108 cm³/mol. The number of amides is 1. The normalized spacial score (nSPS) is 10.2. The molecule has 2 aromatic rings. The van der Waals surface area contributed by atoms with Gasteiger partial charge in [-0.15, -0.1) is 11.8 Å². The first-order valence-corrected chi connectivity index (χ1v) is 9.56. The second-order valence-electron chi connectivity index (χ2n) is 6.41. The number of hydrogen-bond acceptors (Lipinski definition) is 3. The molecule has 1 N–H and O–H groups in total. The van der Waals surface area contributed by atoms with Crippen molar-refractivity contribution in [1.29, 1.82) is 0 Å². The zero-order valence-corrected chi connectivity index (χ0v) is 16.5. The lowest BCUT2D eigenvalue weighted by Crippen LogP contribution is -2.25. The van der Waals surface area contributed by atoms with Crippen molar-refractivity contribution in [2.75, 3.05) is 6.61 Å². The predicted octanol–water partition coefficient (Wildman–Crippen LogP) is 3.88. The van der Waals surface area contributed by atoms with Crippen LogP contribution in [0.4, 0.5) is 0 Å². The highest BCUT2D eigenvalue weighted by Gasteiger charge is 2.12. The number of aromatic nitrogens is 2. The largest absolute Gasteiger partial charge is 0.494 e. The van der Waals surface area contributed by atoms with Crippen molar-refractivity contribution in [2.45, 2.75) is 52.5 Å². The molecule has 1 heterocycles. The minimum absolute atomic E-state index is 0.119. The molecule has 5 nitrogen and oxygen atoms in total. The van der Waals surface area contributed by atoms with Crippen LogP contribution in [0, 0.1) is 11.8 Å². The van der Waals surface area contributed by atoms with Crippen LogP contribution in [0.25, 0.3) is 0 Å². The average Bonchev–Trinajstić information content (AvgIpc) is 3.07. The second-order valence-corrected chi connectivity index (χ2v) is 6.41. The zero-order valence-electron chi connectivity index (χ0n) is 16.5. The molecule has 0 saturated carbocycles. The molecular weight excluding hydrogens is 338 g/mol. The van der Waals surface area contributed by atoms with Crippen LogP contribution >= 0.6 is 0 Å². The van der Waals surface area contributed by atoms with Crippen LogP contribution in [0.3, 0.4) is 0 Å². The Morgan fingerprint density at radius 3 is 2.85 bits per heavy atom. The Kier molecular flexibility index (Phi) is 8.44. The van der Waals surface area contributed by atoms with Crippen molar-refractivity contribution in [3.05, 3.63) is 47.3 Å². The van der Waals surface area contributed by atoms with E-state index in [1.54, 1.807) is 11.7 Å². The Morgan fingerprint density at radius 2 is 2.11 bits per heavy atom. The van der Waals surface area contributed by atoms with E-state index in [2.05, 4.69) is 22.3 Å². The van der Waals surface area contributed by atoms with Gasteiger partial charge >= 0.3 is 0 Å². The summed E-state index contributed by atoms with van der Waals surface area (Å²) in [6.45, 7) is 5.05. The number of nitrogens with zero attached hydrogens (tertiary/aromatic N) is 2. The first kappa shape index (κ1) is 20.6. The topological polar surface area (TPSA) is 56.1 Å². The molecule has 0 bridgehead atoms. The number of rotatable bonds is 10. The third-order valence-electron chi connectivity index (χ3n) is 4.27. The quantitative estimate of drug-likeness (QED) is 0.512. The first-order chi connectivity index (χ1) is 13.1. The van der Waals surface area contributed by atoms with Gasteiger partial charge in [0.2, 0.25) is 0 Å². The van der Waals surface area contributed by atoms with Crippen LogP contribution < -0.4 is 10.1 Å². The summed E-state index contributed by atoms with van der Waals surface area (Å²) in [7, 11) is 1.79. The van der Waals surface area contributed by atoms with E-state index in [1.165, 1.54) is 0 Å². The van der Waals surface area contributed by atoms with Crippen LogP contribution in [0.2, 0.25) is 0 Å². The lowest BCUT2D eigenvalue weighted by atomic mass is 10.2. The van der Waals surface area contributed by atoms with Gasteiger partial charge in [-0.25, -0.2) is 0 Å². The minimum atomic E-state index is -0.119. The number of aryl methyl sites for hydroxylation is 2. The minimum Gasteiger partial charge on any atom is -0.494 e. The molecule has 0 spiro atoms. The molecule has 0 atom stereocenters. The molecule has 27 heavy (non-hydrogen) atoms. The molecule has 5 heteroatoms. The Hall–Kier alpha value is -2.74. The van der Waals surface area contributed by atoms with Gasteiger partial charge in [0.05, 0.1) is 12.3 Å². The maximum atomic E-state index is 12.4. The van der Waals surface area contributed by atoms with E-state index >= 15 is 0 Å². The van der Waals surface area contributed by atoms with Gasteiger partial charge in [-0.05, 0) is 56.4 Å². The molecule has 1 aromatic carbocycles. The van der Waals surface area contributed by atoms with Gasteiger partial charge in [-0.3, -0.25) is 9.48 Å². The Bertz CT molecular complexity index is 799. The molecule has 0 unspecified atom stereocenters. The number of carbonyl (C=O) groups is 1. The fraction of sp³-hybridized carbons (Fsp3) is 0.455. The molecule has 1 amide bonds. The van der Waals surface area contributed by atoms with Gasteiger partial charge in [-0.1, -0.05) is 19.1 Å². The van der Waals surface area contributed by atoms with E-state index in [-0.39, 0.29) is 5.91 Å². The molecular formula is C22H29N3O2. The zero-order chi connectivity index (χ0) is 19.5. The monoisotopic (exact) mass is 367 g/mol. The van der Waals surface area contributed by atoms with Crippen molar-refractivity contribution in [1.82, 2.24) is 15.1 Å². The summed E-state index contributed by atoms with van der Waals surface area (Å²) >= 11 is 0. The molecule has 1 aromatic heterocycles. The lowest BCUT2D eigenvalue weighted by molar-refractivity contribution is 0.0941. The highest BCUT2D eigenvalue weighted by atomic mass is 16.5. The maximum absolute atomic E-state index is 12.4. The number of carbonyl (C=O) groups excluding carboxylic acids is 1. The Balaban J connectivity index is 1.78. The standard InChI is InChI=1S/C22H29N3O2/c1-4-6-7-8-9-10-14-27-20-13-11-12-18(15-20)17-23-22(26)21-16-19(5-2)24-25(21)3/h11-13,15-16H,5,7-10,14,17H2,1-3H3,(H,23,26). The smallest absolute Gasteiger partial charge is 0.269 e. The SMILES string of the molecule is CC#CCCCCCOc1cccc(CNC(=O)c2cc(CC)nn2C)c1. The maximum Gasteiger partial charge on any atom is 0.269 e. The molecule has 144 valence electrons. The van der Waals surface area contributed by atoms with E-state index in [0.717, 1.165) is 49.1 Å². The Morgan fingerprint density at radius 1 is 1.26 bits per heavy atom. The highest BCUT2D eigenvalue weighted by molar-refractivity contribution is 5.92. The number of benzene rings is 1. The summed E-state index contributed by atoms with van der Waals surface area (Å²) in [4.78, 5) is 12.4. The molecule has 0 aliphatic rings. The molecule has 0 radical (unpaired) electrons. The highest BCUT2D eigenvalue weighted by Crippen LogP contribution is 2.14. The summed E-state index contributed by atoms with van der Waals surface area (Å²) in [6, 6.07) is 9.69. The third kappa shape index (κ3) is 6.82. The van der Waals surface area contributed by atoms with Crippen LogP contribution in [-0.2, 0) is 20.0 Å². The van der Waals surface area contributed by atoms with Crippen LogP contribution in [0.15, 0.2) is 30.3 Å². The van der Waals surface area contributed by atoms with Gasteiger partial charge in [-0.2, -0.15) is 5.10 Å². The van der Waals surface area contributed by atoms with Gasteiger partial charge in [0.1, 0.15) is 11.4 Å². The second kappa shape index (κ2) is 11.1. The van der Waals surface area contributed by atoms with E-state index in [1.807, 2.05) is 44.2 Å².